The molecule has 332 valence electrons. The molecule has 5 aliphatic carbocycles. The van der Waals surface area contributed by atoms with Crippen molar-refractivity contribution in [3.63, 3.8) is 0 Å². The average Bonchev–Trinajstić information content (AvgIpc) is 3.16. The van der Waals surface area contributed by atoms with Gasteiger partial charge in [0.1, 0.15) is 36.6 Å². The van der Waals surface area contributed by atoms with Gasteiger partial charge in [0, 0.05) is 11.3 Å². The molecule has 6 fully saturated rings. The number of rotatable bonds is 8. The molecular weight excluding hydrogens is 776 g/mol. The van der Waals surface area contributed by atoms with E-state index in [0.29, 0.717) is 32.1 Å². The molecule has 20 atom stereocenters. The maximum absolute atomic E-state index is 14.9. The summed E-state index contributed by atoms with van der Waals surface area (Å²) >= 11 is 0. The Bertz CT molecular complexity index is 1750. The lowest BCUT2D eigenvalue weighted by Crippen LogP contribution is -2.69. The summed E-state index contributed by atoms with van der Waals surface area (Å²) in [6.45, 7) is 12.0. The molecule has 17 nitrogen and oxygen atoms in total. The lowest BCUT2D eigenvalue weighted by Gasteiger charge is -2.70. The van der Waals surface area contributed by atoms with Gasteiger partial charge >= 0.3 is 17.9 Å². The van der Waals surface area contributed by atoms with Crippen molar-refractivity contribution in [2.24, 2.45) is 50.2 Å². The number of carboxylic acids is 3. The molecule has 59 heavy (non-hydrogen) atoms. The van der Waals surface area contributed by atoms with E-state index in [1.165, 1.54) is 0 Å². The van der Waals surface area contributed by atoms with Crippen LogP contribution in [0.15, 0.2) is 11.6 Å². The van der Waals surface area contributed by atoms with E-state index in [1.54, 1.807) is 0 Å². The third-order valence-electron chi connectivity index (χ3n) is 17.4. The largest absolute Gasteiger partial charge is 0.481 e. The highest BCUT2D eigenvalue weighted by molar-refractivity contribution is 5.95. The summed E-state index contributed by atoms with van der Waals surface area (Å²) in [4.78, 5) is 51.4. The second-order valence-corrected chi connectivity index (χ2v) is 20.5. The Morgan fingerprint density at radius 2 is 1.32 bits per heavy atom. The predicted molar refractivity (Wildman–Crippen MR) is 201 cm³/mol. The Morgan fingerprint density at radius 1 is 0.729 bits per heavy atom. The number of carboxylic acid groups (broad SMARTS) is 3. The van der Waals surface area contributed by atoms with Crippen molar-refractivity contribution < 1.29 is 84.1 Å². The fraction of sp³-hybridized carbons (Fsp3) is 0.857. The Balaban J connectivity index is 1.19. The summed E-state index contributed by atoms with van der Waals surface area (Å²) < 4.78 is 23.2. The SMILES string of the molecule is CC1(C(=O)O)CCC2(C)CCC3(C)C(=CC(=O)C4C5(C)CCC(OC6OC(C(=O)O)C(O)C(O)C6OC6OC(C(=O)O)C(O)C(O)C6O)C(C)(CO)C5CCC43C)C2C1. The molecule has 0 aromatic rings. The van der Waals surface area contributed by atoms with Crippen LogP contribution in [-0.2, 0) is 38.1 Å². The van der Waals surface area contributed by atoms with Crippen LogP contribution >= 0.6 is 0 Å². The minimum absolute atomic E-state index is 0.0119. The predicted octanol–water partition coefficient (Wildman–Crippen LogP) is 1.22. The highest BCUT2D eigenvalue weighted by Gasteiger charge is 2.71. The smallest absolute Gasteiger partial charge is 0.335 e. The highest BCUT2D eigenvalue weighted by atomic mass is 16.8. The second kappa shape index (κ2) is 14.8. The number of ketones is 1. The number of hydrogen-bond donors (Lipinski definition) is 9. The van der Waals surface area contributed by atoms with E-state index in [4.69, 9.17) is 18.9 Å². The van der Waals surface area contributed by atoms with Crippen LogP contribution in [0.5, 0.6) is 0 Å². The van der Waals surface area contributed by atoms with Gasteiger partial charge in [-0.05, 0) is 104 Å². The second-order valence-electron chi connectivity index (χ2n) is 20.5. The van der Waals surface area contributed by atoms with E-state index in [9.17, 15) is 65.1 Å². The van der Waals surface area contributed by atoms with Crippen LogP contribution in [0.25, 0.3) is 0 Å². The Morgan fingerprint density at radius 3 is 1.92 bits per heavy atom. The lowest BCUT2D eigenvalue weighted by molar-refractivity contribution is -0.372. The van der Waals surface area contributed by atoms with Gasteiger partial charge in [0.25, 0.3) is 0 Å². The summed E-state index contributed by atoms with van der Waals surface area (Å²) in [5, 5.41) is 94.3. The Kier molecular flexibility index (Phi) is 11.1. The first kappa shape index (κ1) is 44.5. The molecule has 0 radical (unpaired) electrons. The molecule has 2 heterocycles. The first-order valence-corrected chi connectivity index (χ1v) is 20.9. The van der Waals surface area contributed by atoms with Crippen LogP contribution in [0, 0.1) is 50.2 Å². The standard InChI is InChI=1S/C42H62O17/c1-37-11-12-38(2,36(54)55)16-19(37)18-15-20(44)31-39(3)9-8-22(40(4,17-43)21(39)7-10-42(31,6)41(18,5)14-13-37)56-35-30(26(48)25(47)29(58-35)33(52)53)59-34-27(49)23(45)24(46)28(57-34)32(50)51/h15,19,21-31,34-35,43,45-49H,7-14,16-17H2,1-6H3,(H,50,51)(H,52,53)(H,54,55). The van der Waals surface area contributed by atoms with Gasteiger partial charge in [0.05, 0.1) is 18.1 Å². The van der Waals surface area contributed by atoms with Gasteiger partial charge in [-0.1, -0.05) is 40.2 Å². The summed E-state index contributed by atoms with van der Waals surface area (Å²) in [6.07, 6.45) is -13.8. The monoisotopic (exact) mass is 838 g/mol. The molecule has 0 aromatic heterocycles. The molecule has 17 heteroatoms. The number of fused-ring (bicyclic) bond motifs is 7. The van der Waals surface area contributed by atoms with Crippen LogP contribution in [0.1, 0.15) is 99.3 Å². The minimum Gasteiger partial charge on any atom is -0.481 e. The van der Waals surface area contributed by atoms with Gasteiger partial charge in [-0.3, -0.25) is 9.59 Å². The zero-order valence-electron chi connectivity index (χ0n) is 34.5. The zero-order valence-corrected chi connectivity index (χ0v) is 34.5. The fourth-order valence-corrected chi connectivity index (χ4v) is 13.4. The number of aliphatic carboxylic acids is 3. The summed E-state index contributed by atoms with van der Waals surface area (Å²) in [5.41, 5.74) is -2.63. The van der Waals surface area contributed by atoms with Gasteiger partial charge in [-0.25, -0.2) is 9.59 Å². The van der Waals surface area contributed by atoms with Crippen molar-refractivity contribution in [2.45, 2.75) is 167 Å². The number of carbonyl (C=O) groups is 4. The number of aliphatic hydroxyl groups excluding tert-OH is 6. The molecule has 20 unspecified atom stereocenters. The highest BCUT2D eigenvalue weighted by Crippen LogP contribution is 2.75. The van der Waals surface area contributed by atoms with Crippen molar-refractivity contribution in [2.75, 3.05) is 6.61 Å². The van der Waals surface area contributed by atoms with Crippen LogP contribution in [0.4, 0.5) is 0 Å². The van der Waals surface area contributed by atoms with Gasteiger partial charge < -0.3 is 64.9 Å². The number of ether oxygens (including phenoxy) is 4. The molecule has 4 saturated carbocycles. The molecule has 2 aliphatic heterocycles. The van der Waals surface area contributed by atoms with Crippen LogP contribution in [0.2, 0.25) is 0 Å². The van der Waals surface area contributed by atoms with E-state index in [1.807, 2.05) is 19.9 Å². The Labute approximate surface area is 342 Å². The van der Waals surface area contributed by atoms with E-state index in [0.717, 1.165) is 24.8 Å². The molecule has 2 saturated heterocycles. The number of allylic oxidation sites excluding steroid dienone is 2. The minimum atomic E-state index is -2.10. The van der Waals surface area contributed by atoms with Crippen LogP contribution in [0.3, 0.4) is 0 Å². The van der Waals surface area contributed by atoms with E-state index in [-0.39, 0.29) is 29.5 Å². The van der Waals surface area contributed by atoms with Crippen molar-refractivity contribution in [3.05, 3.63) is 11.6 Å². The van der Waals surface area contributed by atoms with Crippen molar-refractivity contribution >= 4 is 23.7 Å². The van der Waals surface area contributed by atoms with Gasteiger partial charge in [-0.2, -0.15) is 0 Å². The molecule has 0 aromatic carbocycles. The molecule has 0 spiro atoms. The van der Waals surface area contributed by atoms with E-state index < -0.39 is 125 Å². The van der Waals surface area contributed by atoms with Gasteiger partial charge in [0.15, 0.2) is 30.6 Å². The summed E-state index contributed by atoms with van der Waals surface area (Å²) in [7, 11) is 0. The Hall–Kier alpha value is -2.58. The van der Waals surface area contributed by atoms with Crippen LogP contribution < -0.4 is 0 Å². The van der Waals surface area contributed by atoms with Crippen molar-refractivity contribution in [1.29, 1.82) is 0 Å². The molecule has 0 bridgehead atoms. The van der Waals surface area contributed by atoms with Crippen molar-refractivity contribution in [3.8, 4) is 0 Å². The molecule has 7 rings (SSSR count). The number of aliphatic hydroxyl groups is 6. The maximum Gasteiger partial charge on any atom is 0.335 e. The number of carbonyl (C=O) groups excluding carboxylic acids is 1. The molecule has 7 aliphatic rings. The quantitative estimate of drug-likeness (QED) is 0.155. The first-order chi connectivity index (χ1) is 27.3. The average molecular weight is 839 g/mol. The van der Waals surface area contributed by atoms with E-state index >= 15 is 0 Å². The molecule has 0 amide bonds. The summed E-state index contributed by atoms with van der Waals surface area (Å²) in [5.74, 6) is -5.02. The first-order valence-electron chi connectivity index (χ1n) is 20.9. The number of hydrogen-bond acceptors (Lipinski definition) is 14. The molecule has 9 N–H and O–H groups in total. The maximum atomic E-state index is 14.9. The van der Waals surface area contributed by atoms with Gasteiger partial charge in [0.2, 0.25) is 0 Å². The third kappa shape index (κ3) is 6.46. The third-order valence-corrected chi connectivity index (χ3v) is 17.4. The summed E-state index contributed by atoms with van der Waals surface area (Å²) in [6, 6.07) is 0. The lowest BCUT2D eigenvalue weighted by atomic mass is 9.33. The van der Waals surface area contributed by atoms with Crippen LogP contribution in [-0.4, -0.2) is 144 Å². The normalized spacial score (nSPS) is 53.5. The van der Waals surface area contributed by atoms with Crippen molar-refractivity contribution in [1.82, 2.24) is 0 Å². The van der Waals surface area contributed by atoms with Gasteiger partial charge in [-0.15, -0.1) is 0 Å². The fourth-order valence-electron chi connectivity index (χ4n) is 13.4. The van der Waals surface area contributed by atoms with E-state index in [2.05, 4.69) is 27.7 Å². The molecular formula is C42H62O17. The topological polar surface area (TPSA) is 287 Å². The zero-order chi connectivity index (χ0) is 43.6.